The van der Waals surface area contributed by atoms with Crippen molar-refractivity contribution in [1.29, 1.82) is 0 Å². The number of methoxy groups -OCH3 is 1. The SMILES string of the molecule is COc1cc(NS(=O)(=O)C2CCCCC2)ccc1C(=O)O. The fourth-order valence-corrected chi connectivity index (χ4v) is 4.13. The Balaban J connectivity index is 2.20. The number of carboxylic acid groups (broad SMARTS) is 1. The molecule has 116 valence electrons. The highest BCUT2D eigenvalue weighted by Crippen LogP contribution is 2.28. The molecule has 0 radical (unpaired) electrons. The first-order valence-corrected chi connectivity index (χ1v) is 8.41. The van der Waals surface area contributed by atoms with Crippen LogP contribution >= 0.6 is 0 Å². The molecule has 0 unspecified atom stereocenters. The van der Waals surface area contributed by atoms with Gasteiger partial charge in [0.05, 0.1) is 18.0 Å². The molecular formula is C14H19NO5S. The highest BCUT2D eigenvalue weighted by atomic mass is 32.2. The van der Waals surface area contributed by atoms with Crippen molar-refractivity contribution < 1.29 is 23.1 Å². The van der Waals surface area contributed by atoms with Crippen molar-refractivity contribution in [3.8, 4) is 5.75 Å². The van der Waals surface area contributed by atoms with Crippen LogP contribution in [0.4, 0.5) is 5.69 Å². The second-order valence-corrected chi connectivity index (χ2v) is 7.09. The van der Waals surface area contributed by atoms with Crippen molar-refractivity contribution >= 4 is 21.7 Å². The molecule has 2 N–H and O–H groups in total. The van der Waals surface area contributed by atoms with E-state index in [1.807, 2.05) is 0 Å². The Labute approximate surface area is 124 Å². The van der Waals surface area contributed by atoms with E-state index in [1.165, 1.54) is 25.3 Å². The van der Waals surface area contributed by atoms with E-state index in [1.54, 1.807) is 0 Å². The zero-order valence-corrected chi connectivity index (χ0v) is 12.6. The summed E-state index contributed by atoms with van der Waals surface area (Å²) in [5.41, 5.74) is 0.320. The molecular weight excluding hydrogens is 294 g/mol. The number of rotatable bonds is 5. The van der Waals surface area contributed by atoms with Crippen LogP contribution in [0.5, 0.6) is 5.75 Å². The fourth-order valence-electron chi connectivity index (χ4n) is 2.55. The van der Waals surface area contributed by atoms with Gasteiger partial charge >= 0.3 is 5.97 Å². The Morgan fingerprint density at radius 2 is 1.95 bits per heavy atom. The third-order valence-corrected chi connectivity index (χ3v) is 5.55. The van der Waals surface area contributed by atoms with Crippen LogP contribution in [-0.2, 0) is 10.0 Å². The number of hydrogen-bond donors (Lipinski definition) is 2. The van der Waals surface area contributed by atoms with Gasteiger partial charge in [-0.15, -0.1) is 0 Å². The van der Waals surface area contributed by atoms with Crippen LogP contribution in [0.25, 0.3) is 0 Å². The van der Waals surface area contributed by atoms with Crippen molar-refractivity contribution in [2.45, 2.75) is 37.4 Å². The van der Waals surface area contributed by atoms with Crippen LogP contribution in [-0.4, -0.2) is 31.9 Å². The summed E-state index contributed by atoms with van der Waals surface area (Å²) in [7, 11) is -2.10. The number of hydrogen-bond acceptors (Lipinski definition) is 4. The van der Waals surface area contributed by atoms with Gasteiger partial charge in [0, 0.05) is 6.07 Å². The van der Waals surface area contributed by atoms with Crippen molar-refractivity contribution in [3.05, 3.63) is 23.8 Å². The molecule has 0 aliphatic heterocycles. The van der Waals surface area contributed by atoms with Gasteiger partial charge in [-0.25, -0.2) is 13.2 Å². The van der Waals surface area contributed by atoms with Gasteiger partial charge in [-0.3, -0.25) is 4.72 Å². The monoisotopic (exact) mass is 313 g/mol. The van der Waals surface area contributed by atoms with Crippen molar-refractivity contribution in [2.24, 2.45) is 0 Å². The molecule has 1 aliphatic rings. The average molecular weight is 313 g/mol. The topological polar surface area (TPSA) is 92.7 Å². The number of sulfonamides is 1. The molecule has 0 amide bonds. The van der Waals surface area contributed by atoms with E-state index in [4.69, 9.17) is 9.84 Å². The first kappa shape index (κ1) is 15.6. The lowest BCUT2D eigenvalue weighted by Gasteiger charge is -2.22. The summed E-state index contributed by atoms with van der Waals surface area (Å²) in [5, 5.41) is 8.63. The number of benzene rings is 1. The number of anilines is 1. The number of carbonyl (C=O) groups is 1. The van der Waals surface area contributed by atoms with Crippen molar-refractivity contribution in [2.75, 3.05) is 11.8 Å². The molecule has 0 aromatic heterocycles. The lowest BCUT2D eigenvalue weighted by Crippen LogP contribution is -2.29. The average Bonchev–Trinajstić information content (AvgIpc) is 2.47. The van der Waals surface area contributed by atoms with Crippen molar-refractivity contribution in [1.82, 2.24) is 0 Å². The predicted octanol–water partition coefficient (Wildman–Crippen LogP) is 2.47. The Morgan fingerprint density at radius 1 is 1.29 bits per heavy atom. The molecule has 6 nitrogen and oxygen atoms in total. The zero-order chi connectivity index (χ0) is 15.5. The molecule has 1 aromatic rings. The van der Waals surface area contributed by atoms with Crippen LogP contribution in [0.3, 0.4) is 0 Å². The Bertz CT molecular complexity index is 620. The molecule has 0 bridgehead atoms. The molecule has 0 spiro atoms. The number of carboxylic acids is 1. The predicted molar refractivity (Wildman–Crippen MR) is 79.4 cm³/mol. The lowest BCUT2D eigenvalue weighted by molar-refractivity contribution is 0.0693. The van der Waals surface area contributed by atoms with Gasteiger partial charge in [0.25, 0.3) is 0 Å². The van der Waals surface area contributed by atoms with E-state index >= 15 is 0 Å². The standard InChI is InChI=1S/C14H19NO5S/c1-20-13-9-10(7-8-12(13)14(16)17)15-21(18,19)11-5-3-2-4-6-11/h7-9,11,15H,2-6H2,1H3,(H,16,17). The van der Waals surface area contributed by atoms with E-state index < -0.39 is 16.0 Å². The minimum atomic E-state index is -3.45. The smallest absolute Gasteiger partial charge is 0.339 e. The summed E-state index contributed by atoms with van der Waals surface area (Å²) >= 11 is 0. The molecule has 1 saturated carbocycles. The highest BCUT2D eigenvalue weighted by Gasteiger charge is 2.27. The second kappa shape index (κ2) is 6.34. The van der Waals surface area contributed by atoms with Crippen LogP contribution in [0, 0.1) is 0 Å². The molecule has 21 heavy (non-hydrogen) atoms. The van der Waals surface area contributed by atoms with Crippen molar-refractivity contribution in [3.63, 3.8) is 0 Å². The molecule has 2 rings (SSSR count). The van der Waals surface area contributed by atoms with Gasteiger partial charge in [-0.1, -0.05) is 19.3 Å². The summed E-state index contributed by atoms with van der Waals surface area (Å²) in [4.78, 5) is 11.0. The zero-order valence-electron chi connectivity index (χ0n) is 11.8. The van der Waals surface area contributed by atoms with Crippen LogP contribution in [0.2, 0.25) is 0 Å². The maximum Gasteiger partial charge on any atom is 0.339 e. The molecule has 0 heterocycles. The third kappa shape index (κ3) is 3.66. The highest BCUT2D eigenvalue weighted by molar-refractivity contribution is 7.93. The van der Waals surface area contributed by atoms with Crippen LogP contribution < -0.4 is 9.46 Å². The van der Waals surface area contributed by atoms with Gasteiger partial charge in [0.2, 0.25) is 10.0 Å². The Kier molecular flexibility index (Phi) is 4.72. The van der Waals surface area contributed by atoms with E-state index in [9.17, 15) is 13.2 Å². The summed E-state index contributed by atoms with van der Waals surface area (Å²) in [6, 6.07) is 4.16. The summed E-state index contributed by atoms with van der Waals surface area (Å²) in [6.07, 6.45) is 4.26. The second-order valence-electron chi connectivity index (χ2n) is 5.13. The van der Waals surface area contributed by atoms with E-state index in [0.29, 0.717) is 18.5 Å². The van der Waals surface area contributed by atoms with E-state index in [0.717, 1.165) is 19.3 Å². The molecule has 1 fully saturated rings. The van der Waals surface area contributed by atoms with Gasteiger partial charge in [-0.2, -0.15) is 0 Å². The molecule has 1 aromatic carbocycles. The minimum Gasteiger partial charge on any atom is -0.496 e. The van der Waals surface area contributed by atoms with Crippen LogP contribution in [0.15, 0.2) is 18.2 Å². The van der Waals surface area contributed by atoms with E-state index in [-0.39, 0.29) is 16.6 Å². The minimum absolute atomic E-state index is 0.00175. The van der Waals surface area contributed by atoms with Gasteiger partial charge in [-0.05, 0) is 25.0 Å². The number of aromatic carboxylic acids is 1. The van der Waals surface area contributed by atoms with E-state index in [2.05, 4.69) is 4.72 Å². The first-order chi connectivity index (χ1) is 9.94. The number of ether oxygens (including phenoxy) is 1. The third-order valence-electron chi connectivity index (χ3n) is 3.68. The lowest BCUT2D eigenvalue weighted by atomic mass is 10.0. The normalized spacial score (nSPS) is 16.4. The summed E-state index contributed by atoms with van der Waals surface area (Å²) < 4.78 is 32.1. The quantitative estimate of drug-likeness (QED) is 0.871. The summed E-state index contributed by atoms with van der Waals surface area (Å²) in [5.74, 6) is -0.986. The Hall–Kier alpha value is -1.76. The maximum atomic E-state index is 12.3. The molecule has 7 heteroatoms. The molecule has 0 saturated heterocycles. The number of nitrogens with one attached hydrogen (secondary N) is 1. The van der Waals surface area contributed by atoms with Crippen LogP contribution in [0.1, 0.15) is 42.5 Å². The maximum absolute atomic E-state index is 12.3. The van der Waals surface area contributed by atoms with Gasteiger partial charge < -0.3 is 9.84 Å². The summed E-state index contributed by atoms with van der Waals surface area (Å²) in [6.45, 7) is 0. The van der Waals surface area contributed by atoms with Gasteiger partial charge in [0.1, 0.15) is 11.3 Å². The fraction of sp³-hybridized carbons (Fsp3) is 0.500. The largest absolute Gasteiger partial charge is 0.496 e. The Morgan fingerprint density at radius 3 is 2.52 bits per heavy atom. The molecule has 0 atom stereocenters. The molecule has 1 aliphatic carbocycles. The van der Waals surface area contributed by atoms with Gasteiger partial charge in [0.15, 0.2) is 0 Å². The first-order valence-electron chi connectivity index (χ1n) is 6.87.